The topological polar surface area (TPSA) is 68.9 Å². The Bertz CT molecular complexity index is 1100. The molecule has 0 saturated carbocycles. The van der Waals surface area contributed by atoms with E-state index in [1.807, 2.05) is 6.07 Å². The summed E-state index contributed by atoms with van der Waals surface area (Å²) in [6, 6.07) is 14.9. The first-order chi connectivity index (χ1) is 13.2. The number of fused-ring (bicyclic) bond motifs is 2. The van der Waals surface area contributed by atoms with Crippen LogP contribution in [0.3, 0.4) is 0 Å². The lowest BCUT2D eigenvalue weighted by Gasteiger charge is -2.25. The Balaban J connectivity index is 1.61. The highest BCUT2D eigenvalue weighted by Gasteiger charge is 2.29. The van der Waals surface area contributed by atoms with Gasteiger partial charge in [0.05, 0.1) is 11.3 Å². The van der Waals surface area contributed by atoms with Crippen LogP contribution in [0.4, 0.5) is 5.95 Å². The van der Waals surface area contributed by atoms with Gasteiger partial charge in [0.1, 0.15) is 0 Å². The lowest BCUT2D eigenvalue weighted by molar-refractivity contribution is 0.0963. The number of Topliss-reactive ketones (excluding diaryl/α,β-unsaturated/α-hetero) is 1. The van der Waals surface area contributed by atoms with Crippen LogP contribution in [-0.4, -0.2) is 15.8 Å². The van der Waals surface area contributed by atoms with E-state index in [1.54, 1.807) is 6.20 Å². The van der Waals surface area contributed by atoms with E-state index in [-0.39, 0.29) is 17.6 Å². The van der Waals surface area contributed by atoms with E-state index in [2.05, 4.69) is 58.5 Å². The third-order valence-corrected chi connectivity index (χ3v) is 5.57. The number of allylic oxidation sites excluding steroid dienone is 1. The first-order valence-electron chi connectivity index (χ1n) is 9.23. The van der Waals surface area contributed by atoms with E-state index < -0.39 is 0 Å². The Morgan fingerprint density at radius 3 is 2.74 bits per heavy atom. The minimum atomic E-state index is 0.0919. The third-order valence-electron chi connectivity index (χ3n) is 5.57. The number of hydrogen-bond acceptors (Lipinski definition) is 4. The number of ketones is 1. The number of hydrogen-bond donors (Lipinski definition) is 1. The summed E-state index contributed by atoms with van der Waals surface area (Å²) in [6.07, 6.45) is 8.14. The molecule has 0 radical (unpaired) electrons. The second-order valence-corrected chi connectivity index (χ2v) is 7.19. The second kappa shape index (κ2) is 6.16. The van der Waals surface area contributed by atoms with Crippen LogP contribution in [0.1, 0.15) is 45.1 Å². The summed E-state index contributed by atoms with van der Waals surface area (Å²) < 4.78 is 0. The number of nitrogen functional groups attached to an aromatic ring is 1. The molecule has 0 amide bonds. The van der Waals surface area contributed by atoms with Crippen molar-refractivity contribution in [1.29, 1.82) is 0 Å². The maximum absolute atomic E-state index is 12.7. The standard InChI is InChI=1S/C23H19N3O/c24-23-25-13-20-21(26-23)11-15(12-22(20)27)17-7-1-2-8-18(17)19-10-4-6-14-5-3-9-16(14)19/h1-4,6-10,13,15H,5,11-12H2,(H2,24,25,26). The van der Waals surface area contributed by atoms with Gasteiger partial charge < -0.3 is 5.73 Å². The summed E-state index contributed by atoms with van der Waals surface area (Å²) in [5.41, 5.74) is 13.4. The Kier molecular flexibility index (Phi) is 3.64. The maximum atomic E-state index is 12.7. The summed E-state index contributed by atoms with van der Waals surface area (Å²) in [6.45, 7) is 0. The van der Waals surface area contributed by atoms with Crippen molar-refractivity contribution < 1.29 is 4.79 Å². The first-order valence-corrected chi connectivity index (χ1v) is 9.23. The summed E-state index contributed by atoms with van der Waals surface area (Å²) in [5, 5.41) is 0. The van der Waals surface area contributed by atoms with Crippen molar-refractivity contribution in [1.82, 2.24) is 9.97 Å². The molecule has 0 spiro atoms. The molecule has 4 heteroatoms. The smallest absolute Gasteiger partial charge is 0.220 e. The normalized spacial score (nSPS) is 17.6. The van der Waals surface area contributed by atoms with E-state index in [0.29, 0.717) is 18.4 Å². The lowest BCUT2D eigenvalue weighted by atomic mass is 9.79. The Labute approximate surface area is 157 Å². The predicted molar refractivity (Wildman–Crippen MR) is 106 cm³/mol. The number of aromatic nitrogens is 2. The average molecular weight is 353 g/mol. The highest BCUT2D eigenvalue weighted by Crippen LogP contribution is 2.39. The molecule has 1 atom stereocenters. The van der Waals surface area contributed by atoms with Gasteiger partial charge in [-0.15, -0.1) is 0 Å². The first kappa shape index (κ1) is 15.9. The van der Waals surface area contributed by atoms with Crippen LogP contribution >= 0.6 is 0 Å². The number of nitrogens with two attached hydrogens (primary N) is 1. The van der Waals surface area contributed by atoms with Gasteiger partial charge in [0.25, 0.3) is 0 Å². The third kappa shape index (κ3) is 2.65. The molecular weight excluding hydrogens is 334 g/mol. The fourth-order valence-corrected chi connectivity index (χ4v) is 4.31. The van der Waals surface area contributed by atoms with Crippen LogP contribution in [0.5, 0.6) is 0 Å². The number of benzene rings is 2. The van der Waals surface area contributed by atoms with E-state index >= 15 is 0 Å². The molecule has 5 rings (SSSR count). The van der Waals surface area contributed by atoms with Crippen molar-refractivity contribution in [2.45, 2.75) is 25.2 Å². The average Bonchev–Trinajstić information content (AvgIpc) is 3.16. The lowest BCUT2D eigenvalue weighted by Crippen LogP contribution is -2.21. The minimum Gasteiger partial charge on any atom is -0.368 e. The predicted octanol–water partition coefficient (Wildman–Crippen LogP) is 4.21. The zero-order valence-electron chi connectivity index (χ0n) is 14.9. The number of nitrogens with zero attached hydrogens (tertiary/aromatic N) is 2. The number of rotatable bonds is 2. The molecular formula is C23H19N3O. The zero-order chi connectivity index (χ0) is 18.4. The highest BCUT2D eigenvalue weighted by molar-refractivity contribution is 5.98. The van der Waals surface area contributed by atoms with Crippen LogP contribution in [0.2, 0.25) is 0 Å². The summed E-state index contributed by atoms with van der Waals surface area (Å²) in [5.74, 6) is 0.410. The zero-order valence-corrected chi connectivity index (χ0v) is 14.9. The number of carbonyl (C=O) groups is 1. The Morgan fingerprint density at radius 2 is 1.81 bits per heavy atom. The number of carbonyl (C=O) groups excluding carboxylic acids is 1. The molecule has 0 saturated heterocycles. The van der Waals surface area contributed by atoms with Crippen LogP contribution in [0, 0.1) is 0 Å². The van der Waals surface area contributed by atoms with Crippen molar-refractivity contribution in [3.63, 3.8) is 0 Å². The van der Waals surface area contributed by atoms with Crippen LogP contribution in [0.15, 0.2) is 54.7 Å². The molecule has 2 aliphatic rings. The SMILES string of the molecule is Nc1ncc2c(n1)CC(c1ccccc1-c1cccc3c1C=CC3)CC2=O. The quantitative estimate of drug-likeness (QED) is 0.749. The molecule has 1 heterocycles. The Morgan fingerprint density at radius 1 is 0.963 bits per heavy atom. The molecule has 0 aliphatic heterocycles. The molecule has 0 fully saturated rings. The molecule has 0 bridgehead atoms. The molecule has 2 aliphatic carbocycles. The number of anilines is 1. The van der Waals surface area contributed by atoms with E-state index in [0.717, 1.165) is 12.1 Å². The van der Waals surface area contributed by atoms with E-state index in [4.69, 9.17) is 5.73 Å². The van der Waals surface area contributed by atoms with E-state index in [1.165, 1.54) is 27.8 Å². The van der Waals surface area contributed by atoms with Gasteiger partial charge in [-0.1, -0.05) is 54.6 Å². The van der Waals surface area contributed by atoms with Crippen molar-refractivity contribution in [3.05, 3.63) is 82.7 Å². The minimum absolute atomic E-state index is 0.0919. The second-order valence-electron chi connectivity index (χ2n) is 7.19. The van der Waals surface area contributed by atoms with Gasteiger partial charge >= 0.3 is 0 Å². The monoisotopic (exact) mass is 353 g/mol. The van der Waals surface area contributed by atoms with Crippen molar-refractivity contribution in [2.24, 2.45) is 0 Å². The summed E-state index contributed by atoms with van der Waals surface area (Å²) >= 11 is 0. The van der Waals surface area contributed by atoms with Gasteiger partial charge in [-0.25, -0.2) is 9.97 Å². The van der Waals surface area contributed by atoms with Crippen molar-refractivity contribution >= 4 is 17.8 Å². The highest BCUT2D eigenvalue weighted by atomic mass is 16.1. The fraction of sp³-hybridized carbons (Fsp3) is 0.174. The fourth-order valence-electron chi connectivity index (χ4n) is 4.31. The molecule has 132 valence electrons. The van der Waals surface area contributed by atoms with Crippen LogP contribution < -0.4 is 5.73 Å². The molecule has 27 heavy (non-hydrogen) atoms. The largest absolute Gasteiger partial charge is 0.368 e. The van der Waals surface area contributed by atoms with Crippen LogP contribution in [-0.2, 0) is 12.8 Å². The molecule has 1 aromatic heterocycles. The maximum Gasteiger partial charge on any atom is 0.220 e. The van der Waals surface area contributed by atoms with Crippen molar-refractivity contribution in [3.8, 4) is 11.1 Å². The molecule has 1 unspecified atom stereocenters. The van der Waals surface area contributed by atoms with Crippen molar-refractivity contribution in [2.75, 3.05) is 5.73 Å². The van der Waals surface area contributed by atoms with Gasteiger partial charge in [-0.2, -0.15) is 0 Å². The summed E-state index contributed by atoms with van der Waals surface area (Å²) in [7, 11) is 0. The van der Waals surface area contributed by atoms with Gasteiger partial charge in [0.2, 0.25) is 5.95 Å². The van der Waals surface area contributed by atoms with Gasteiger partial charge in [-0.3, -0.25) is 4.79 Å². The molecule has 4 nitrogen and oxygen atoms in total. The van der Waals surface area contributed by atoms with Gasteiger partial charge in [-0.05, 0) is 46.6 Å². The summed E-state index contributed by atoms with van der Waals surface area (Å²) in [4.78, 5) is 21.0. The molecule has 3 aromatic rings. The Hall–Kier alpha value is -3.27. The van der Waals surface area contributed by atoms with Gasteiger partial charge in [0.15, 0.2) is 5.78 Å². The van der Waals surface area contributed by atoms with Crippen LogP contribution in [0.25, 0.3) is 17.2 Å². The molecule has 2 N–H and O–H groups in total. The van der Waals surface area contributed by atoms with Gasteiger partial charge in [0, 0.05) is 12.6 Å². The van der Waals surface area contributed by atoms with E-state index in [9.17, 15) is 4.79 Å². The molecule has 2 aromatic carbocycles.